The monoisotopic (exact) mass is 205 g/mol. The van der Waals surface area contributed by atoms with Crippen LogP contribution < -0.4 is 16.6 Å². The van der Waals surface area contributed by atoms with E-state index in [-0.39, 0.29) is 5.91 Å². The third-order valence-electron chi connectivity index (χ3n) is 2.56. The van der Waals surface area contributed by atoms with Gasteiger partial charge in [0.15, 0.2) is 0 Å². The Hall–Kier alpha value is -1.55. The molecule has 1 fully saturated rings. The lowest BCUT2D eigenvalue weighted by Gasteiger charge is -2.05. The molecule has 0 aromatic heterocycles. The Balaban J connectivity index is 1.91. The fourth-order valence-corrected chi connectivity index (χ4v) is 1.38. The second-order valence-corrected chi connectivity index (χ2v) is 3.88. The molecule has 1 aliphatic carbocycles. The quantitative estimate of drug-likeness (QED) is 0.509. The van der Waals surface area contributed by atoms with Crippen molar-refractivity contribution in [1.82, 2.24) is 5.32 Å². The highest BCUT2D eigenvalue weighted by molar-refractivity contribution is 5.94. The van der Waals surface area contributed by atoms with E-state index in [0.29, 0.717) is 11.5 Å². The Bertz CT molecular complexity index is 343. The molecule has 0 radical (unpaired) electrons. The minimum Gasteiger partial charge on any atom is -0.352 e. The van der Waals surface area contributed by atoms with Crippen molar-refractivity contribution in [2.24, 2.45) is 11.8 Å². The fourth-order valence-electron chi connectivity index (χ4n) is 1.38. The molecule has 0 saturated heterocycles. The van der Waals surface area contributed by atoms with Gasteiger partial charge < -0.3 is 10.7 Å². The van der Waals surface area contributed by atoms with Gasteiger partial charge in [0.2, 0.25) is 0 Å². The summed E-state index contributed by atoms with van der Waals surface area (Å²) in [6, 6.07) is 7.09. The van der Waals surface area contributed by atoms with Crippen molar-refractivity contribution in [3.05, 3.63) is 29.8 Å². The van der Waals surface area contributed by atoms with E-state index >= 15 is 0 Å². The van der Waals surface area contributed by atoms with Crippen LogP contribution in [0.2, 0.25) is 0 Å². The zero-order valence-corrected chi connectivity index (χ0v) is 8.49. The summed E-state index contributed by atoms with van der Waals surface area (Å²) >= 11 is 0. The first-order valence-electron chi connectivity index (χ1n) is 5.14. The molecule has 1 aromatic carbocycles. The van der Waals surface area contributed by atoms with E-state index in [1.54, 1.807) is 24.3 Å². The van der Waals surface area contributed by atoms with Gasteiger partial charge >= 0.3 is 0 Å². The van der Waals surface area contributed by atoms with Gasteiger partial charge in [-0.3, -0.25) is 10.6 Å². The SMILES string of the molecule is NNc1ccc(C(=O)NCC2CC2)cc1. The molecule has 1 aliphatic rings. The molecule has 4 heteroatoms. The van der Waals surface area contributed by atoms with E-state index in [2.05, 4.69) is 10.7 Å². The van der Waals surface area contributed by atoms with Crippen molar-refractivity contribution in [2.45, 2.75) is 12.8 Å². The van der Waals surface area contributed by atoms with Gasteiger partial charge in [-0.15, -0.1) is 0 Å². The second-order valence-electron chi connectivity index (χ2n) is 3.88. The van der Waals surface area contributed by atoms with Gasteiger partial charge in [-0.2, -0.15) is 0 Å². The largest absolute Gasteiger partial charge is 0.352 e. The molecule has 0 atom stereocenters. The van der Waals surface area contributed by atoms with Crippen molar-refractivity contribution >= 4 is 11.6 Å². The highest BCUT2D eigenvalue weighted by Crippen LogP contribution is 2.27. The summed E-state index contributed by atoms with van der Waals surface area (Å²) in [5.74, 6) is 5.93. The number of carbonyl (C=O) groups excluding carboxylic acids is 1. The van der Waals surface area contributed by atoms with Crippen LogP contribution in [0.1, 0.15) is 23.2 Å². The van der Waals surface area contributed by atoms with Crippen LogP contribution in [0.5, 0.6) is 0 Å². The zero-order chi connectivity index (χ0) is 10.7. The smallest absolute Gasteiger partial charge is 0.251 e. The first-order chi connectivity index (χ1) is 7.29. The summed E-state index contributed by atoms with van der Waals surface area (Å²) in [6.07, 6.45) is 2.49. The Morgan fingerprint density at radius 2 is 2.00 bits per heavy atom. The lowest BCUT2D eigenvalue weighted by molar-refractivity contribution is 0.0952. The summed E-state index contributed by atoms with van der Waals surface area (Å²) < 4.78 is 0. The molecule has 0 spiro atoms. The maximum absolute atomic E-state index is 11.6. The molecular weight excluding hydrogens is 190 g/mol. The lowest BCUT2D eigenvalue weighted by atomic mass is 10.2. The number of nitrogens with two attached hydrogens (primary N) is 1. The maximum Gasteiger partial charge on any atom is 0.251 e. The van der Waals surface area contributed by atoms with E-state index in [1.165, 1.54) is 12.8 Å². The predicted molar refractivity (Wildman–Crippen MR) is 59.3 cm³/mol. The number of rotatable bonds is 4. The van der Waals surface area contributed by atoms with Crippen LogP contribution >= 0.6 is 0 Å². The first kappa shape index (κ1) is 9.98. The molecule has 4 nitrogen and oxygen atoms in total. The van der Waals surface area contributed by atoms with Gasteiger partial charge in [0.25, 0.3) is 5.91 Å². The Kier molecular flexibility index (Phi) is 2.87. The summed E-state index contributed by atoms with van der Waals surface area (Å²) in [7, 11) is 0. The number of carbonyl (C=O) groups is 1. The average molecular weight is 205 g/mol. The number of hydrogen-bond acceptors (Lipinski definition) is 3. The van der Waals surface area contributed by atoms with Crippen LogP contribution in [0.15, 0.2) is 24.3 Å². The number of hydrogen-bond donors (Lipinski definition) is 3. The maximum atomic E-state index is 11.6. The Morgan fingerprint density at radius 1 is 1.33 bits per heavy atom. The highest BCUT2D eigenvalue weighted by Gasteiger charge is 2.21. The standard InChI is InChI=1S/C11H15N3O/c12-14-10-5-3-9(4-6-10)11(15)13-7-8-1-2-8/h3-6,8,14H,1-2,7,12H2,(H,13,15). The van der Waals surface area contributed by atoms with Crippen LogP contribution in [0.4, 0.5) is 5.69 Å². The van der Waals surface area contributed by atoms with Crippen LogP contribution in [0.25, 0.3) is 0 Å². The van der Waals surface area contributed by atoms with E-state index in [0.717, 1.165) is 12.2 Å². The van der Waals surface area contributed by atoms with Crippen molar-refractivity contribution < 1.29 is 4.79 Å². The molecule has 0 aliphatic heterocycles. The number of nitrogens with one attached hydrogen (secondary N) is 2. The minimum absolute atomic E-state index is 0.00882. The molecule has 0 bridgehead atoms. The molecule has 0 heterocycles. The van der Waals surface area contributed by atoms with E-state index in [4.69, 9.17) is 5.84 Å². The number of hydrazine groups is 1. The van der Waals surface area contributed by atoms with Crippen molar-refractivity contribution in [2.75, 3.05) is 12.0 Å². The molecule has 1 saturated carbocycles. The summed E-state index contributed by atoms with van der Waals surface area (Å²) in [5, 5.41) is 2.91. The molecule has 1 amide bonds. The van der Waals surface area contributed by atoms with Crippen LogP contribution in [0, 0.1) is 5.92 Å². The van der Waals surface area contributed by atoms with Crippen LogP contribution in [-0.4, -0.2) is 12.5 Å². The summed E-state index contributed by atoms with van der Waals surface area (Å²) in [5.41, 5.74) is 4.00. The summed E-state index contributed by atoms with van der Waals surface area (Å²) in [6.45, 7) is 0.801. The van der Waals surface area contributed by atoms with Crippen molar-refractivity contribution in [3.63, 3.8) is 0 Å². The molecule has 15 heavy (non-hydrogen) atoms. The van der Waals surface area contributed by atoms with Gasteiger partial charge in [0, 0.05) is 17.8 Å². The molecule has 1 aromatic rings. The van der Waals surface area contributed by atoms with Gasteiger partial charge in [0.1, 0.15) is 0 Å². The predicted octanol–water partition coefficient (Wildman–Crippen LogP) is 1.11. The van der Waals surface area contributed by atoms with Gasteiger partial charge in [-0.1, -0.05) is 0 Å². The number of amides is 1. The minimum atomic E-state index is -0.00882. The lowest BCUT2D eigenvalue weighted by Crippen LogP contribution is -2.25. The third kappa shape index (κ3) is 2.70. The van der Waals surface area contributed by atoms with E-state index in [9.17, 15) is 4.79 Å². The van der Waals surface area contributed by atoms with Crippen LogP contribution in [0.3, 0.4) is 0 Å². The molecule has 4 N–H and O–H groups in total. The number of nitrogen functional groups attached to an aromatic ring is 1. The van der Waals surface area contributed by atoms with Crippen LogP contribution in [-0.2, 0) is 0 Å². The van der Waals surface area contributed by atoms with E-state index < -0.39 is 0 Å². The summed E-state index contributed by atoms with van der Waals surface area (Å²) in [4.78, 5) is 11.6. The topological polar surface area (TPSA) is 67.1 Å². The molecule has 80 valence electrons. The van der Waals surface area contributed by atoms with Gasteiger partial charge in [0.05, 0.1) is 0 Å². The number of anilines is 1. The fraction of sp³-hybridized carbons (Fsp3) is 0.364. The zero-order valence-electron chi connectivity index (χ0n) is 8.49. The molecular formula is C11H15N3O. The number of benzene rings is 1. The second kappa shape index (κ2) is 4.31. The third-order valence-corrected chi connectivity index (χ3v) is 2.56. The van der Waals surface area contributed by atoms with Crippen molar-refractivity contribution in [3.8, 4) is 0 Å². The molecule has 2 rings (SSSR count). The highest BCUT2D eigenvalue weighted by atomic mass is 16.1. The Labute approximate surface area is 88.8 Å². The van der Waals surface area contributed by atoms with E-state index in [1.807, 2.05) is 0 Å². The van der Waals surface area contributed by atoms with Crippen molar-refractivity contribution in [1.29, 1.82) is 0 Å². The van der Waals surface area contributed by atoms with Gasteiger partial charge in [-0.05, 0) is 43.0 Å². The molecule has 0 unspecified atom stereocenters. The Morgan fingerprint density at radius 3 is 2.53 bits per heavy atom. The average Bonchev–Trinajstić information content (AvgIpc) is 3.10. The normalized spacial score (nSPS) is 14.7. The van der Waals surface area contributed by atoms with Gasteiger partial charge in [-0.25, -0.2) is 0 Å². The first-order valence-corrected chi connectivity index (χ1v) is 5.14.